The molecule has 4 rings (SSSR count). The van der Waals surface area contributed by atoms with Crippen LogP contribution in [0.2, 0.25) is 0 Å². The van der Waals surface area contributed by atoms with Crippen molar-refractivity contribution in [1.82, 2.24) is 10.6 Å². The van der Waals surface area contributed by atoms with E-state index < -0.39 is 5.91 Å². The minimum absolute atomic E-state index is 0.104. The van der Waals surface area contributed by atoms with Crippen molar-refractivity contribution in [2.45, 2.75) is 13.3 Å². The van der Waals surface area contributed by atoms with E-state index in [2.05, 4.69) is 15.6 Å². The molecule has 3 aromatic carbocycles. The van der Waals surface area contributed by atoms with Crippen molar-refractivity contribution in [2.24, 2.45) is 4.99 Å². The molecule has 0 aromatic heterocycles. The molecule has 0 bridgehead atoms. The average Bonchev–Trinajstić information content (AvgIpc) is 3.23. The maximum Gasteiger partial charge on any atom is 0.264 e. The van der Waals surface area contributed by atoms with E-state index in [4.69, 9.17) is 4.74 Å². The molecule has 0 aliphatic carbocycles. The summed E-state index contributed by atoms with van der Waals surface area (Å²) in [5.41, 5.74) is 3.81. The number of benzene rings is 3. The monoisotopic (exact) mass is 464 g/mol. The van der Waals surface area contributed by atoms with Crippen LogP contribution in [0.3, 0.4) is 0 Å². The number of carbonyl (C=O) groups excluding carboxylic acids is 2. The zero-order valence-corrected chi connectivity index (χ0v) is 19.5. The van der Waals surface area contributed by atoms with Crippen LogP contribution in [-0.2, 0) is 11.2 Å². The van der Waals surface area contributed by atoms with Gasteiger partial charge >= 0.3 is 0 Å². The van der Waals surface area contributed by atoms with E-state index in [0.29, 0.717) is 35.5 Å². The van der Waals surface area contributed by atoms with Crippen molar-refractivity contribution in [2.75, 3.05) is 13.7 Å². The predicted octanol–water partition coefficient (Wildman–Crippen LogP) is 3.79. The third-order valence-electron chi connectivity index (χ3n) is 5.72. The first-order valence-corrected chi connectivity index (χ1v) is 11.1. The number of carbonyl (C=O) groups is 2. The normalized spacial score (nSPS) is 13.2. The van der Waals surface area contributed by atoms with Gasteiger partial charge in [-0.2, -0.15) is 5.26 Å². The molecule has 174 valence electrons. The summed E-state index contributed by atoms with van der Waals surface area (Å²) in [6.45, 7) is 2.21. The van der Waals surface area contributed by atoms with Gasteiger partial charge in [0.2, 0.25) is 0 Å². The summed E-state index contributed by atoms with van der Waals surface area (Å²) in [5, 5.41) is 15.4. The maximum absolute atomic E-state index is 12.9. The Hall–Kier alpha value is -4.70. The molecule has 0 spiro atoms. The molecular formula is C28H24N4O3. The van der Waals surface area contributed by atoms with Gasteiger partial charge in [0.25, 0.3) is 11.8 Å². The summed E-state index contributed by atoms with van der Waals surface area (Å²) in [5.74, 6) is 0.251. The van der Waals surface area contributed by atoms with Gasteiger partial charge in [-0.25, -0.2) is 4.99 Å². The highest BCUT2D eigenvalue weighted by molar-refractivity contribution is 6.20. The first kappa shape index (κ1) is 23.5. The van der Waals surface area contributed by atoms with Crippen molar-refractivity contribution >= 4 is 23.3 Å². The summed E-state index contributed by atoms with van der Waals surface area (Å²) >= 11 is 0. The molecule has 7 nitrogen and oxygen atoms in total. The molecule has 35 heavy (non-hydrogen) atoms. The molecule has 0 unspecified atom stereocenters. The Morgan fingerprint density at radius 3 is 2.34 bits per heavy atom. The van der Waals surface area contributed by atoms with Gasteiger partial charge in [-0.05, 0) is 42.7 Å². The fourth-order valence-corrected chi connectivity index (χ4v) is 3.83. The number of fused-ring (bicyclic) bond motifs is 1. The second-order valence-electron chi connectivity index (χ2n) is 7.96. The number of nitriles is 1. The van der Waals surface area contributed by atoms with Crippen LogP contribution in [0.1, 0.15) is 32.6 Å². The Labute approximate surface area is 203 Å². The van der Waals surface area contributed by atoms with Crippen LogP contribution < -0.4 is 15.4 Å². The van der Waals surface area contributed by atoms with E-state index in [0.717, 1.165) is 16.9 Å². The lowest BCUT2D eigenvalue weighted by molar-refractivity contribution is -0.117. The van der Waals surface area contributed by atoms with E-state index in [-0.39, 0.29) is 17.2 Å². The van der Waals surface area contributed by atoms with Crippen LogP contribution >= 0.6 is 0 Å². The van der Waals surface area contributed by atoms with Crippen LogP contribution in [0, 0.1) is 18.3 Å². The van der Waals surface area contributed by atoms with E-state index in [1.807, 2.05) is 55.5 Å². The average molecular weight is 465 g/mol. The van der Waals surface area contributed by atoms with Gasteiger partial charge in [0.1, 0.15) is 23.2 Å². The number of aliphatic imine (C=N–C) groups is 1. The van der Waals surface area contributed by atoms with Gasteiger partial charge < -0.3 is 15.4 Å². The van der Waals surface area contributed by atoms with Gasteiger partial charge in [0.05, 0.1) is 12.8 Å². The van der Waals surface area contributed by atoms with E-state index in [1.165, 1.54) is 0 Å². The molecule has 1 heterocycles. The van der Waals surface area contributed by atoms with Crippen molar-refractivity contribution in [1.29, 1.82) is 5.26 Å². The van der Waals surface area contributed by atoms with Gasteiger partial charge in [-0.3, -0.25) is 9.59 Å². The number of aryl methyl sites for hydroxylation is 1. The SMILES string of the molecule is COc1ccc(CCNC(=O)/C(C#N)=C2\N=C(NC(=O)c3ccccc3C)c3ccccc32)cc1. The topological polar surface area (TPSA) is 104 Å². The molecule has 7 heteroatoms. The van der Waals surface area contributed by atoms with Gasteiger partial charge in [-0.15, -0.1) is 0 Å². The quantitative estimate of drug-likeness (QED) is 0.428. The van der Waals surface area contributed by atoms with Crippen LogP contribution in [0.4, 0.5) is 0 Å². The zero-order chi connectivity index (χ0) is 24.8. The molecule has 3 aromatic rings. The van der Waals surface area contributed by atoms with Crippen molar-refractivity contribution < 1.29 is 14.3 Å². The van der Waals surface area contributed by atoms with E-state index >= 15 is 0 Å². The second-order valence-corrected chi connectivity index (χ2v) is 7.96. The van der Waals surface area contributed by atoms with E-state index in [9.17, 15) is 14.9 Å². The third-order valence-corrected chi connectivity index (χ3v) is 5.72. The molecule has 2 amide bonds. The molecule has 0 radical (unpaired) electrons. The first-order valence-electron chi connectivity index (χ1n) is 11.1. The van der Waals surface area contributed by atoms with Crippen molar-refractivity contribution in [3.63, 3.8) is 0 Å². The third kappa shape index (κ3) is 5.12. The Morgan fingerprint density at radius 2 is 1.66 bits per heavy atom. The van der Waals surface area contributed by atoms with E-state index in [1.54, 1.807) is 37.4 Å². The fourth-order valence-electron chi connectivity index (χ4n) is 3.83. The minimum atomic E-state index is -0.513. The standard InChI is InChI=1S/C28H24N4O3/c1-18-7-3-4-8-21(18)28(34)32-26-23-10-6-5-9-22(23)25(31-26)24(17-29)27(33)30-16-15-19-11-13-20(35-2)14-12-19/h3-14H,15-16H2,1-2H3,(H,30,33)(H,31,32,34)/b25-24-. The number of amides is 2. The summed E-state index contributed by atoms with van der Waals surface area (Å²) in [6, 6.07) is 24.0. The fraction of sp³-hybridized carbons (Fsp3) is 0.143. The van der Waals surface area contributed by atoms with Crippen molar-refractivity contribution in [3.05, 3.63) is 106 Å². The van der Waals surface area contributed by atoms with Crippen LogP contribution in [0.5, 0.6) is 5.75 Å². The summed E-state index contributed by atoms with van der Waals surface area (Å²) in [7, 11) is 1.61. The molecule has 0 atom stereocenters. The first-order chi connectivity index (χ1) is 17.0. The highest BCUT2D eigenvalue weighted by atomic mass is 16.5. The molecule has 0 fully saturated rings. The highest BCUT2D eigenvalue weighted by Crippen LogP contribution is 2.30. The van der Waals surface area contributed by atoms with Gasteiger partial charge in [0.15, 0.2) is 0 Å². The number of nitrogens with zero attached hydrogens (tertiary/aromatic N) is 2. The lowest BCUT2D eigenvalue weighted by atomic mass is 10.0. The number of rotatable bonds is 6. The minimum Gasteiger partial charge on any atom is -0.497 e. The second kappa shape index (κ2) is 10.5. The molecule has 2 N–H and O–H groups in total. The van der Waals surface area contributed by atoms with Crippen LogP contribution in [0.15, 0.2) is 83.4 Å². The number of hydrogen-bond acceptors (Lipinski definition) is 5. The van der Waals surface area contributed by atoms with Crippen molar-refractivity contribution in [3.8, 4) is 11.8 Å². The Bertz CT molecular complexity index is 1380. The largest absolute Gasteiger partial charge is 0.497 e. The predicted molar refractivity (Wildman–Crippen MR) is 134 cm³/mol. The summed E-state index contributed by atoms with van der Waals surface area (Å²) in [6.07, 6.45) is 0.599. The lowest BCUT2D eigenvalue weighted by Crippen LogP contribution is -2.30. The molecule has 1 aliphatic rings. The van der Waals surface area contributed by atoms with Crippen LogP contribution in [0.25, 0.3) is 5.70 Å². The number of methoxy groups -OCH3 is 1. The Morgan fingerprint density at radius 1 is 0.971 bits per heavy atom. The van der Waals surface area contributed by atoms with Crippen LogP contribution in [-0.4, -0.2) is 31.3 Å². The van der Waals surface area contributed by atoms with Gasteiger partial charge in [0, 0.05) is 23.2 Å². The molecule has 0 saturated heterocycles. The summed E-state index contributed by atoms with van der Waals surface area (Å²) in [4.78, 5) is 30.3. The molecule has 1 aliphatic heterocycles. The molecule has 0 saturated carbocycles. The Kier molecular flexibility index (Phi) is 7.03. The highest BCUT2D eigenvalue weighted by Gasteiger charge is 2.27. The number of ether oxygens (including phenoxy) is 1. The number of nitrogens with one attached hydrogen (secondary N) is 2. The Balaban J connectivity index is 1.54. The van der Waals surface area contributed by atoms with Gasteiger partial charge in [-0.1, -0.05) is 54.6 Å². The maximum atomic E-state index is 12.9. The lowest BCUT2D eigenvalue weighted by Gasteiger charge is -2.08. The summed E-state index contributed by atoms with van der Waals surface area (Å²) < 4.78 is 5.16. The molecular weight excluding hydrogens is 440 g/mol. The zero-order valence-electron chi connectivity index (χ0n) is 19.5. The number of hydrogen-bond donors (Lipinski definition) is 2. The number of amidine groups is 1. The smallest absolute Gasteiger partial charge is 0.264 e.